The lowest BCUT2D eigenvalue weighted by molar-refractivity contribution is 0.305. The minimum atomic E-state index is 0.384. The number of halogens is 1. The van der Waals surface area contributed by atoms with E-state index in [-0.39, 0.29) is 0 Å². The van der Waals surface area contributed by atoms with Crippen molar-refractivity contribution >= 4 is 28.8 Å². The molecule has 0 unspecified atom stereocenters. The van der Waals surface area contributed by atoms with Gasteiger partial charge in [-0.15, -0.1) is 0 Å². The van der Waals surface area contributed by atoms with E-state index in [1.807, 2.05) is 72.8 Å². The molecule has 27 heavy (non-hydrogen) atoms. The second kappa shape index (κ2) is 9.40. The maximum atomic E-state index is 6.21. The van der Waals surface area contributed by atoms with Crippen LogP contribution in [0.5, 0.6) is 11.5 Å². The minimum absolute atomic E-state index is 0.384. The van der Waals surface area contributed by atoms with Crippen molar-refractivity contribution < 1.29 is 9.47 Å². The molecule has 3 aromatic rings. The fourth-order valence-corrected chi connectivity index (χ4v) is 3.04. The Morgan fingerprint density at radius 3 is 2.59 bits per heavy atom. The van der Waals surface area contributed by atoms with Gasteiger partial charge in [-0.3, -0.25) is 0 Å². The summed E-state index contributed by atoms with van der Waals surface area (Å²) in [6.45, 7) is 0.990. The van der Waals surface area contributed by atoms with Crippen LogP contribution in [0, 0.1) is 0 Å². The second-order valence-electron chi connectivity index (χ2n) is 5.91. The third kappa shape index (κ3) is 5.22. The van der Waals surface area contributed by atoms with Gasteiger partial charge in [-0.05, 0) is 35.9 Å². The zero-order valence-corrected chi connectivity index (χ0v) is 16.5. The molecule has 0 saturated heterocycles. The summed E-state index contributed by atoms with van der Waals surface area (Å²) in [5, 5.41) is 3.97. The molecule has 1 N–H and O–H groups in total. The van der Waals surface area contributed by atoms with Crippen LogP contribution in [0.2, 0.25) is 5.02 Å². The van der Waals surface area contributed by atoms with E-state index in [1.54, 1.807) is 7.11 Å². The number of nitrogens with one attached hydrogen (secondary N) is 1. The van der Waals surface area contributed by atoms with Gasteiger partial charge >= 0.3 is 0 Å². The maximum Gasteiger partial charge on any atom is 0.129 e. The number of thiocarbonyl (C=S) groups is 1. The molecule has 0 aliphatic rings. The van der Waals surface area contributed by atoms with Gasteiger partial charge in [0.25, 0.3) is 0 Å². The molecule has 3 nitrogen and oxygen atoms in total. The quantitative estimate of drug-likeness (QED) is 0.541. The topological polar surface area (TPSA) is 30.5 Å². The molecule has 0 saturated carbocycles. The van der Waals surface area contributed by atoms with Crippen LogP contribution >= 0.6 is 23.8 Å². The summed E-state index contributed by atoms with van der Waals surface area (Å²) < 4.78 is 11.2. The minimum Gasteiger partial charge on any atom is -0.497 e. The smallest absolute Gasteiger partial charge is 0.129 e. The molecule has 0 bridgehead atoms. The van der Waals surface area contributed by atoms with E-state index < -0.39 is 0 Å². The third-order valence-electron chi connectivity index (χ3n) is 4.06. The average molecular weight is 398 g/mol. The van der Waals surface area contributed by atoms with Crippen LogP contribution in [0.25, 0.3) is 0 Å². The van der Waals surface area contributed by atoms with Gasteiger partial charge < -0.3 is 14.8 Å². The van der Waals surface area contributed by atoms with E-state index in [2.05, 4.69) is 5.32 Å². The Hall–Kier alpha value is -2.56. The van der Waals surface area contributed by atoms with Gasteiger partial charge in [-0.25, -0.2) is 0 Å². The Morgan fingerprint density at radius 2 is 1.78 bits per heavy atom. The molecule has 138 valence electrons. The highest BCUT2D eigenvalue weighted by Crippen LogP contribution is 2.22. The fourth-order valence-electron chi connectivity index (χ4n) is 2.61. The third-order valence-corrected chi connectivity index (χ3v) is 4.79. The molecule has 3 rings (SSSR count). The second-order valence-corrected chi connectivity index (χ2v) is 6.73. The van der Waals surface area contributed by atoms with Crippen molar-refractivity contribution in [1.29, 1.82) is 0 Å². The molecule has 3 aromatic carbocycles. The fraction of sp³-hybridized carbons (Fsp3) is 0.136. The number of hydrogen-bond acceptors (Lipinski definition) is 3. The van der Waals surface area contributed by atoms with Crippen molar-refractivity contribution in [1.82, 2.24) is 5.32 Å². The van der Waals surface area contributed by atoms with Crippen LogP contribution in [0.1, 0.15) is 16.7 Å². The molecule has 0 atom stereocenters. The highest BCUT2D eigenvalue weighted by atomic mass is 35.5. The summed E-state index contributed by atoms with van der Waals surface area (Å²) in [5.41, 5.74) is 2.87. The summed E-state index contributed by atoms with van der Waals surface area (Å²) in [4.78, 5) is 0.632. The summed E-state index contributed by atoms with van der Waals surface area (Å²) in [5.74, 6) is 1.55. The Labute approximate surface area is 169 Å². The van der Waals surface area contributed by atoms with Crippen molar-refractivity contribution in [3.63, 3.8) is 0 Å². The molecule has 0 heterocycles. The molecule has 0 aromatic heterocycles. The van der Waals surface area contributed by atoms with E-state index in [0.717, 1.165) is 28.2 Å². The molecule has 0 spiro atoms. The van der Waals surface area contributed by atoms with Crippen LogP contribution in [-0.2, 0) is 13.2 Å². The summed E-state index contributed by atoms with van der Waals surface area (Å²) in [7, 11) is 1.66. The van der Waals surface area contributed by atoms with Crippen molar-refractivity contribution in [2.24, 2.45) is 0 Å². The maximum absolute atomic E-state index is 6.21. The normalized spacial score (nSPS) is 10.3. The highest BCUT2D eigenvalue weighted by Gasteiger charge is 2.10. The van der Waals surface area contributed by atoms with Crippen LogP contribution in [0.15, 0.2) is 72.8 Å². The molecular formula is C22H20ClNO2S. The van der Waals surface area contributed by atoms with Crippen LogP contribution < -0.4 is 14.8 Å². The monoisotopic (exact) mass is 397 g/mol. The van der Waals surface area contributed by atoms with Crippen LogP contribution in [0.3, 0.4) is 0 Å². The Bertz CT molecular complexity index is 929. The number of benzene rings is 3. The molecule has 0 aliphatic heterocycles. The summed E-state index contributed by atoms with van der Waals surface area (Å²) >= 11 is 11.8. The molecule has 0 aliphatic carbocycles. The zero-order chi connectivity index (χ0) is 19.1. The van der Waals surface area contributed by atoms with E-state index in [1.165, 1.54) is 0 Å². The number of methoxy groups -OCH3 is 1. The Kier molecular flexibility index (Phi) is 6.69. The van der Waals surface area contributed by atoms with Gasteiger partial charge in [0.1, 0.15) is 23.1 Å². The Balaban J connectivity index is 1.67. The first-order chi connectivity index (χ1) is 13.2. The molecule has 0 radical (unpaired) electrons. The van der Waals surface area contributed by atoms with E-state index in [0.29, 0.717) is 23.2 Å². The van der Waals surface area contributed by atoms with Crippen molar-refractivity contribution in [3.8, 4) is 11.5 Å². The van der Waals surface area contributed by atoms with Gasteiger partial charge in [0.15, 0.2) is 0 Å². The van der Waals surface area contributed by atoms with Gasteiger partial charge in [-0.2, -0.15) is 0 Å². The first-order valence-corrected chi connectivity index (χ1v) is 9.32. The lowest BCUT2D eigenvalue weighted by Gasteiger charge is -2.14. The zero-order valence-electron chi connectivity index (χ0n) is 14.9. The van der Waals surface area contributed by atoms with Crippen LogP contribution in [-0.4, -0.2) is 12.1 Å². The van der Waals surface area contributed by atoms with Gasteiger partial charge in [-0.1, -0.05) is 66.3 Å². The lowest BCUT2D eigenvalue weighted by atomic mass is 10.1. The standard InChI is InChI=1S/C22H20ClNO2S/c1-25-18-9-6-7-16(13-18)14-24-22(27)19-10-3-5-12-21(19)26-15-17-8-2-4-11-20(17)23/h2-13H,14-15H2,1H3,(H,24,27). The lowest BCUT2D eigenvalue weighted by Crippen LogP contribution is -2.22. The number of para-hydroxylation sites is 1. The number of ether oxygens (including phenoxy) is 2. The van der Waals surface area contributed by atoms with E-state index in [4.69, 9.17) is 33.3 Å². The number of rotatable bonds is 7. The van der Waals surface area contributed by atoms with Crippen LogP contribution in [0.4, 0.5) is 0 Å². The SMILES string of the molecule is COc1cccc(CNC(=S)c2ccccc2OCc2ccccc2Cl)c1. The summed E-state index contributed by atoms with van der Waals surface area (Å²) in [6, 6.07) is 23.2. The molecule has 0 fully saturated rings. The first kappa shape index (κ1) is 19.2. The van der Waals surface area contributed by atoms with Crippen molar-refractivity contribution in [2.45, 2.75) is 13.2 Å². The summed E-state index contributed by atoms with van der Waals surface area (Å²) in [6.07, 6.45) is 0. The first-order valence-electron chi connectivity index (χ1n) is 8.54. The largest absolute Gasteiger partial charge is 0.497 e. The molecular weight excluding hydrogens is 378 g/mol. The van der Waals surface area contributed by atoms with Gasteiger partial charge in [0.05, 0.1) is 12.7 Å². The predicted molar refractivity (Wildman–Crippen MR) is 114 cm³/mol. The van der Waals surface area contributed by atoms with E-state index in [9.17, 15) is 0 Å². The van der Waals surface area contributed by atoms with Gasteiger partial charge in [0.2, 0.25) is 0 Å². The highest BCUT2D eigenvalue weighted by molar-refractivity contribution is 7.80. The predicted octanol–water partition coefficient (Wildman–Crippen LogP) is 5.39. The van der Waals surface area contributed by atoms with Crippen molar-refractivity contribution in [3.05, 3.63) is 94.5 Å². The molecule has 5 heteroatoms. The van der Waals surface area contributed by atoms with E-state index >= 15 is 0 Å². The van der Waals surface area contributed by atoms with Crippen molar-refractivity contribution in [2.75, 3.05) is 7.11 Å². The Morgan fingerprint density at radius 1 is 1.00 bits per heavy atom. The molecule has 0 amide bonds. The van der Waals surface area contributed by atoms with Gasteiger partial charge in [0, 0.05) is 17.1 Å². The number of hydrogen-bond donors (Lipinski definition) is 1. The average Bonchev–Trinajstić information content (AvgIpc) is 2.72.